The highest BCUT2D eigenvalue weighted by atomic mass is 16.6. The molecule has 0 aromatic rings. The summed E-state index contributed by atoms with van der Waals surface area (Å²) >= 11 is 0. The normalized spacial score (nSPS) is 32.4. The van der Waals surface area contributed by atoms with E-state index in [1.807, 2.05) is 13.8 Å². The van der Waals surface area contributed by atoms with Crippen LogP contribution in [-0.2, 0) is 23.9 Å². The van der Waals surface area contributed by atoms with Crippen molar-refractivity contribution in [3.8, 4) is 0 Å². The van der Waals surface area contributed by atoms with Crippen molar-refractivity contribution < 1.29 is 29.0 Å². The van der Waals surface area contributed by atoms with Crippen LogP contribution in [0.5, 0.6) is 0 Å². The van der Waals surface area contributed by atoms with Gasteiger partial charge in [0.2, 0.25) is 11.8 Å². The Morgan fingerprint density at radius 1 is 1.29 bits per heavy atom. The molecule has 176 valence electrons. The van der Waals surface area contributed by atoms with Crippen LogP contribution < -0.4 is 5.32 Å². The summed E-state index contributed by atoms with van der Waals surface area (Å²) in [5.74, 6) is -2.33. The monoisotopic (exact) mass is 438 g/mol. The molecule has 2 N–H and O–H groups in total. The molecule has 3 heterocycles. The molecular formula is C23H38N2O6. The molecule has 2 amide bonds. The smallest absolute Gasteiger partial charge is 0.312 e. The highest BCUT2D eigenvalue weighted by molar-refractivity contribution is 5.98. The van der Waals surface area contributed by atoms with E-state index in [2.05, 4.69) is 26.1 Å². The predicted octanol–water partition coefficient (Wildman–Crippen LogP) is 1.64. The fraction of sp³-hybridized carbons (Fsp3) is 0.870. The number of nitrogens with zero attached hydrogens (tertiary/aromatic N) is 1. The van der Waals surface area contributed by atoms with Crippen LogP contribution in [-0.4, -0.2) is 70.8 Å². The van der Waals surface area contributed by atoms with E-state index in [1.165, 1.54) is 4.90 Å². The van der Waals surface area contributed by atoms with Gasteiger partial charge in [0, 0.05) is 18.7 Å². The van der Waals surface area contributed by atoms with E-state index in [-0.39, 0.29) is 37.0 Å². The first-order chi connectivity index (χ1) is 14.4. The third-order valence-electron chi connectivity index (χ3n) is 6.60. The minimum absolute atomic E-state index is 0.0109. The number of carbonyl (C=O) groups excluding carboxylic acids is 3. The summed E-state index contributed by atoms with van der Waals surface area (Å²) in [7, 11) is 0. The first kappa shape index (κ1) is 24.0. The van der Waals surface area contributed by atoms with Crippen molar-refractivity contribution in [2.45, 2.75) is 90.5 Å². The molecule has 8 nitrogen and oxygen atoms in total. The van der Waals surface area contributed by atoms with Crippen molar-refractivity contribution in [1.82, 2.24) is 10.2 Å². The Labute approximate surface area is 185 Å². The molecule has 0 aliphatic carbocycles. The van der Waals surface area contributed by atoms with E-state index in [4.69, 9.17) is 9.47 Å². The number of hydrogen-bond donors (Lipinski definition) is 2. The maximum Gasteiger partial charge on any atom is 0.312 e. The Kier molecular flexibility index (Phi) is 6.46. The van der Waals surface area contributed by atoms with Gasteiger partial charge in [-0.1, -0.05) is 20.8 Å². The highest BCUT2D eigenvalue weighted by Gasteiger charge is 2.74. The summed E-state index contributed by atoms with van der Waals surface area (Å²) in [5.41, 5.74) is -1.49. The molecule has 1 spiro atoms. The second kappa shape index (κ2) is 8.35. The zero-order valence-electron chi connectivity index (χ0n) is 19.7. The van der Waals surface area contributed by atoms with E-state index in [0.29, 0.717) is 19.3 Å². The maximum absolute atomic E-state index is 13.6. The number of nitrogens with one attached hydrogen (secondary N) is 1. The van der Waals surface area contributed by atoms with Gasteiger partial charge in [-0.05, 0) is 51.9 Å². The molecule has 31 heavy (non-hydrogen) atoms. The van der Waals surface area contributed by atoms with Gasteiger partial charge in [0.25, 0.3) is 0 Å². The number of rotatable bonds is 8. The first-order valence-electron chi connectivity index (χ1n) is 11.4. The van der Waals surface area contributed by atoms with Crippen LogP contribution >= 0.6 is 0 Å². The molecule has 8 heteroatoms. The topological polar surface area (TPSA) is 105 Å². The lowest BCUT2D eigenvalue weighted by Crippen LogP contribution is -2.59. The average Bonchev–Trinajstić information content (AvgIpc) is 3.25. The number of esters is 1. The quantitative estimate of drug-likeness (QED) is 0.558. The molecule has 5 atom stereocenters. The summed E-state index contributed by atoms with van der Waals surface area (Å²) in [6, 6.07) is -0.819. The minimum atomic E-state index is -1.02. The van der Waals surface area contributed by atoms with E-state index in [9.17, 15) is 19.5 Å². The molecule has 3 saturated heterocycles. The SMILES string of the molecule is CCOC(=O)[C@@H]1[C@H]2C(=O)N(CCCO)[C@H](C(=O)NC(C)(C)CC(C)(C)C)[C@]23CC[C@H]1O3. The molecule has 0 unspecified atom stereocenters. The number of amides is 2. The van der Waals surface area contributed by atoms with Crippen LogP contribution in [0.2, 0.25) is 0 Å². The van der Waals surface area contributed by atoms with E-state index < -0.39 is 41.1 Å². The third-order valence-corrected chi connectivity index (χ3v) is 6.60. The zero-order chi connectivity index (χ0) is 23.2. The fourth-order valence-corrected chi connectivity index (χ4v) is 6.21. The lowest BCUT2D eigenvalue weighted by Gasteiger charge is -2.38. The summed E-state index contributed by atoms with van der Waals surface area (Å²) < 4.78 is 11.6. The van der Waals surface area contributed by atoms with Crippen molar-refractivity contribution >= 4 is 17.8 Å². The molecule has 3 aliphatic rings. The van der Waals surface area contributed by atoms with E-state index in [1.54, 1.807) is 6.92 Å². The van der Waals surface area contributed by atoms with E-state index in [0.717, 1.165) is 6.42 Å². The van der Waals surface area contributed by atoms with E-state index >= 15 is 0 Å². The van der Waals surface area contributed by atoms with Crippen molar-refractivity contribution in [3.05, 3.63) is 0 Å². The number of hydrogen-bond acceptors (Lipinski definition) is 6. The number of likely N-dealkylation sites (tertiary alicyclic amines) is 1. The molecular weight excluding hydrogens is 400 g/mol. The van der Waals surface area contributed by atoms with Gasteiger partial charge < -0.3 is 24.8 Å². The first-order valence-corrected chi connectivity index (χ1v) is 11.4. The molecule has 3 fully saturated rings. The summed E-state index contributed by atoms with van der Waals surface area (Å²) in [6.45, 7) is 12.4. The Bertz CT molecular complexity index is 730. The second-order valence-corrected chi connectivity index (χ2v) is 11.0. The van der Waals surface area contributed by atoms with Gasteiger partial charge in [-0.15, -0.1) is 0 Å². The molecule has 0 saturated carbocycles. The Morgan fingerprint density at radius 3 is 2.55 bits per heavy atom. The van der Waals surface area contributed by atoms with Gasteiger partial charge in [-0.2, -0.15) is 0 Å². The molecule has 0 aromatic carbocycles. The molecule has 0 radical (unpaired) electrons. The van der Waals surface area contributed by atoms with Crippen LogP contribution in [0.1, 0.15) is 67.2 Å². The van der Waals surface area contributed by atoms with Crippen LogP contribution in [0, 0.1) is 17.3 Å². The Balaban J connectivity index is 1.93. The summed E-state index contributed by atoms with van der Waals surface area (Å²) in [4.78, 5) is 41.3. The number of aliphatic hydroxyl groups excluding tert-OH is 1. The van der Waals surface area contributed by atoms with Crippen LogP contribution in [0.25, 0.3) is 0 Å². The highest BCUT2D eigenvalue weighted by Crippen LogP contribution is 2.58. The van der Waals surface area contributed by atoms with Gasteiger partial charge in [-0.3, -0.25) is 14.4 Å². The number of aliphatic hydroxyl groups is 1. The predicted molar refractivity (Wildman–Crippen MR) is 114 cm³/mol. The van der Waals surface area contributed by atoms with Crippen LogP contribution in [0.4, 0.5) is 0 Å². The Morgan fingerprint density at radius 2 is 1.97 bits per heavy atom. The van der Waals surface area contributed by atoms with Crippen molar-refractivity contribution in [1.29, 1.82) is 0 Å². The fourth-order valence-electron chi connectivity index (χ4n) is 6.21. The number of ether oxygens (including phenoxy) is 2. The van der Waals surface area contributed by atoms with Gasteiger partial charge in [0.15, 0.2) is 0 Å². The standard InChI is InChI=1S/C23H38N2O6/c1-7-30-20(29)15-14-9-10-23(31-14)16(15)19(28)25(11-8-12-26)17(23)18(27)24-22(5,6)13-21(2,3)4/h14-17,26H,7-13H2,1-6H3,(H,24,27)/t14-,15+,16+,17-,23+/m1/s1. The Hall–Kier alpha value is -1.67. The van der Waals surface area contributed by atoms with Crippen molar-refractivity contribution in [2.75, 3.05) is 19.8 Å². The maximum atomic E-state index is 13.6. The van der Waals surface area contributed by atoms with Gasteiger partial charge in [0.05, 0.1) is 24.5 Å². The third kappa shape index (κ3) is 4.33. The lowest BCUT2D eigenvalue weighted by molar-refractivity contribution is -0.154. The van der Waals surface area contributed by atoms with Gasteiger partial charge in [-0.25, -0.2) is 0 Å². The van der Waals surface area contributed by atoms with Gasteiger partial charge in [0.1, 0.15) is 11.6 Å². The average molecular weight is 439 g/mol. The zero-order valence-corrected chi connectivity index (χ0v) is 19.7. The second-order valence-electron chi connectivity index (χ2n) is 11.0. The molecule has 0 aromatic heterocycles. The van der Waals surface area contributed by atoms with Crippen LogP contribution in [0.15, 0.2) is 0 Å². The summed E-state index contributed by atoms with van der Waals surface area (Å²) in [6.07, 6.45) is 1.89. The molecule has 2 bridgehead atoms. The summed E-state index contributed by atoms with van der Waals surface area (Å²) in [5, 5.41) is 12.5. The number of carbonyl (C=O) groups is 3. The van der Waals surface area contributed by atoms with Crippen LogP contribution in [0.3, 0.4) is 0 Å². The lowest BCUT2D eigenvalue weighted by atomic mass is 9.70. The van der Waals surface area contributed by atoms with Crippen molar-refractivity contribution in [3.63, 3.8) is 0 Å². The molecule has 3 rings (SSSR count). The molecule has 3 aliphatic heterocycles. The largest absolute Gasteiger partial charge is 0.466 e. The number of fused-ring (bicyclic) bond motifs is 1. The van der Waals surface area contributed by atoms with Gasteiger partial charge >= 0.3 is 5.97 Å². The minimum Gasteiger partial charge on any atom is -0.466 e. The van der Waals surface area contributed by atoms with Crippen molar-refractivity contribution in [2.24, 2.45) is 17.3 Å².